The van der Waals surface area contributed by atoms with Gasteiger partial charge in [-0.15, -0.1) is 0 Å². The standard InChI is InChI=1S/C15H15BrN2O3/c1-9-13(18(19)20)4-3-5-14(9)21-15-7-6-11(16)8-12(15)10(2)17/h3-8,10H,17H2,1-2H3. The fourth-order valence-corrected chi connectivity index (χ4v) is 2.38. The Balaban J connectivity index is 2.44. The highest BCUT2D eigenvalue weighted by Crippen LogP contribution is 2.35. The van der Waals surface area contributed by atoms with E-state index in [1.54, 1.807) is 25.1 Å². The van der Waals surface area contributed by atoms with Gasteiger partial charge in [-0.25, -0.2) is 0 Å². The Morgan fingerprint density at radius 2 is 2.00 bits per heavy atom. The largest absolute Gasteiger partial charge is 0.456 e. The van der Waals surface area contributed by atoms with Crippen LogP contribution in [0.1, 0.15) is 24.1 Å². The van der Waals surface area contributed by atoms with Gasteiger partial charge in [0.1, 0.15) is 11.5 Å². The SMILES string of the molecule is Cc1c(Oc2ccc(Br)cc2C(C)N)cccc1[N+](=O)[O-]. The molecule has 1 atom stereocenters. The Labute approximate surface area is 131 Å². The smallest absolute Gasteiger partial charge is 0.276 e. The lowest BCUT2D eigenvalue weighted by Crippen LogP contribution is -2.07. The molecule has 0 saturated carbocycles. The summed E-state index contributed by atoms with van der Waals surface area (Å²) < 4.78 is 6.74. The average Bonchev–Trinajstić information content (AvgIpc) is 2.42. The highest BCUT2D eigenvalue weighted by Gasteiger charge is 2.16. The van der Waals surface area contributed by atoms with Crippen LogP contribution in [0.25, 0.3) is 0 Å². The zero-order valence-electron chi connectivity index (χ0n) is 11.7. The van der Waals surface area contributed by atoms with Gasteiger partial charge in [-0.3, -0.25) is 10.1 Å². The second-order valence-corrected chi connectivity index (χ2v) is 5.65. The first-order valence-electron chi connectivity index (χ1n) is 6.37. The Hall–Kier alpha value is -1.92. The Morgan fingerprint density at radius 3 is 2.62 bits per heavy atom. The van der Waals surface area contributed by atoms with Crippen molar-refractivity contribution in [1.82, 2.24) is 0 Å². The molecule has 2 aromatic rings. The number of nitrogens with two attached hydrogens (primary N) is 1. The number of ether oxygens (including phenoxy) is 1. The molecule has 0 aliphatic rings. The predicted octanol–water partition coefficient (Wildman–Crippen LogP) is 4.48. The molecule has 0 spiro atoms. The van der Waals surface area contributed by atoms with Crippen molar-refractivity contribution < 1.29 is 9.66 Å². The van der Waals surface area contributed by atoms with Crippen LogP contribution in [0, 0.1) is 17.0 Å². The van der Waals surface area contributed by atoms with Gasteiger partial charge in [0.05, 0.1) is 10.5 Å². The lowest BCUT2D eigenvalue weighted by atomic mass is 10.1. The molecule has 0 fully saturated rings. The molecule has 21 heavy (non-hydrogen) atoms. The summed E-state index contributed by atoms with van der Waals surface area (Å²) in [6.07, 6.45) is 0. The highest BCUT2D eigenvalue weighted by molar-refractivity contribution is 9.10. The van der Waals surface area contributed by atoms with E-state index in [4.69, 9.17) is 10.5 Å². The third-order valence-corrected chi connectivity index (χ3v) is 3.63. The molecular formula is C15H15BrN2O3. The van der Waals surface area contributed by atoms with Crippen molar-refractivity contribution in [1.29, 1.82) is 0 Å². The van der Waals surface area contributed by atoms with Gasteiger partial charge in [0.2, 0.25) is 0 Å². The maximum absolute atomic E-state index is 11.0. The van der Waals surface area contributed by atoms with Crippen LogP contribution < -0.4 is 10.5 Å². The molecule has 0 bridgehead atoms. The molecule has 0 aromatic heterocycles. The molecule has 6 heteroatoms. The number of halogens is 1. The fraction of sp³-hybridized carbons (Fsp3) is 0.200. The molecular weight excluding hydrogens is 336 g/mol. The number of nitrogens with zero attached hydrogens (tertiary/aromatic N) is 1. The monoisotopic (exact) mass is 350 g/mol. The van der Waals surface area contributed by atoms with Gasteiger partial charge in [-0.1, -0.05) is 22.0 Å². The van der Waals surface area contributed by atoms with E-state index < -0.39 is 4.92 Å². The Morgan fingerprint density at radius 1 is 1.29 bits per heavy atom. The molecule has 2 rings (SSSR count). The minimum atomic E-state index is -0.420. The zero-order chi connectivity index (χ0) is 15.6. The number of benzene rings is 2. The first-order valence-corrected chi connectivity index (χ1v) is 7.16. The molecule has 0 aliphatic heterocycles. The van der Waals surface area contributed by atoms with Crippen LogP contribution in [-0.2, 0) is 0 Å². The molecule has 2 aromatic carbocycles. The van der Waals surface area contributed by atoms with E-state index in [-0.39, 0.29) is 11.7 Å². The van der Waals surface area contributed by atoms with Crippen molar-refractivity contribution in [2.24, 2.45) is 5.73 Å². The van der Waals surface area contributed by atoms with Crippen LogP contribution in [0.2, 0.25) is 0 Å². The van der Waals surface area contributed by atoms with E-state index in [9.17, 15) is 10.1 Å². The summed E-state index contributed by atoms with van der Waals surface area (Å²) in [4.78, 5) is 10.5. The quantitative estimate of drug-likeness (QED) is 0.651. The van der Waals surface area contributed by atoms with Crippen molar-refractivity contribution in [3.05, 3.63) is 62.1 Å². The normalized spacial score (nSPS) is 12.0. The topological polar surface area (TPSA) is 78.4 Å². The Kier molecular flexibility index (Phi) is 4.59. The van der Waals surface area contributed by atoms with Crippen molar-refractivity contribution in [2.75, 3.05) is 0 Å². The van der Waals surface area contributed by atoms with E-state index >= 15 is 0 Å². The van der Waals surface area contributed by atoms with Gasteiger partial charge < -0.3 is 10.5 Å². The summed E-state index contributed by atoms with van der Waals surface area (Å²) >= 11 is 3.39. The van der Waals surface area contributed by atoms with Gasteiger partial charge in [-0.05, 0) is 38.1 Å². The minimum absolute atomic E-state index is 0.0342. The van der Waals surface area contributed by atoms with Gasteiger partial charge in [0.15, 0.2) is 0 Å². The number of rotatable bonds is 4. The fourth-order valence-electron chi connectivity index (χ4n) is 2.00. The summed E-state index contributed by atoms with van der Waals surface area (Å²) in [7, 11) is 0. The number of hydrogen-bond acceptors (Lipinski definition) is 4. The molecule has 1 unspecified atom stereocenters. The van der Waals surface area contributed by atoms with Crippen LogP contribution in [0.4, 0.5) is 5.69 Å². The van der Waals surface area contributed by atoms with Crippen LogP contribution >= 0.6 is 15.9 Å². The molecule has 5 nitrogen and oxygen atoms in total. The second-order valence-electron chi connectivity index (χ2n) is 4.73. The number of nitro groups is 1. The summed E-state index contributed by atoms with van der Waals surface area (Å²) in [5, 5.41) is 11.0. The molecule has 2 N–H and O–H groups in total. The minimum Gasteiger partial charge on any atom is -0.456 e. The van der Waals surface area contributed by atoms with Crippen molar-refractivity contribution >= 4 is 21.6 Å². The third kappa shape index (κ3) is 3.40. The van der Waals surface area contributed by atoms with Gasteiger partial charge in [0, 0.05) is 22.1 Å². The molecule has 0 saturated heterocycles. The first kappa shape index (κ1) is 15.5. The Bertz CT molecular complexity index is 687. The van der Waals surface area contributed by atoms with E-state index in [1.165, 1.54) is 6.07 Å². The highest BCUT2D eigenvalue weighted by atomic mass is 79.9. The van der Waals surface area contributed by atoms with Crippen LogP contribution in [0.15, 0.2) is 40.9 Å². The average molecular weight is 351 g/mol. The third-order valence-electron chi connectivity index (χ3n) is 3.13. The first-order chi connectivity index (χ1) is 9.90. The van der Waals surface area contributed by atoms with E-state index in [2.05, 4.69) is 15.9 Å². The van der Waals surface area contributed by atoms with Gasteiger partial charge >= 0.3 is 0 Å². The lowest BCUT2D eigenvalue weighted by molar-refractivity contribution is -0.385. The van der Waals surface area contributed by atoms with Crippen molar-refractivity contribution in [3.8, 4) is 11.5 Å². The zero-order valence-corrected chi connectivity index (χ0v) is 13.3. The van der Waals surface area contributed by atoms with Crippen LogP contribution in [0.5, 0.6) is 11.5 Å². The van der Waals surface area contributed by atoms with Gasteiger partial charge in [-0.2, -0.15) is 0 Å². The van der Waals surface area contributed by atoms with Crippen LogP contribution in [-0.4, -0.2) is 4.92 Å². The molecule has 0 radical (unpaired) electrons. The molecule has 110 valence electrons. The van der Waals surface area contributed by atoms with Gasteiger partial charge in [0.25, 0.3) is 5.69 Å². The van der Waals surface area contributed by atoms with E-state index in [1.807, 2.05) is 19.1 Å². The summed E-state index contributed by atoms with van der Waals surface area (Å²) in [6.45, 7) is 3.52. The van der Waals surface area contributed by atoms with Crippen LogP contribution in [0.3, 0.4) is 0 Å². The summed E-state index contributed by atoms with van der Waals surface area (Å²) in [5.74, 6) is 1.05. The maximum atomic E-state index is 11.0. The van der Waals surface area contributed by atoms with E-state index in [0.717, 1.165) is 10.0 Å². The molecule has 0 heterocycles. The number of nitro benzene ring substituents is 1. The maximum Gasteiger partial charge on any atom is 0.276 e. The predicted molar refractivity (Wildman–Crippen MR) is 84.7 cm³/mol. The lowest BCUT2D eigenvalue weighted by Gasteiger charge is -2.15. The number of hydrogen-bond donors (Lipinski definition) is 1. The van der Waals surface area contributed by atoms with Crippen molar-refractivity contribution in [3.63, 3.8) is 0 Å². The molecule has 0 amide bonds. The summed E-state index contributed by atoms with van der Waals surface area (Å²) in [6, 6.07) is 10.1. The molecule has 0 aliphatic carbocycles. The van der Waals surface area contributed by atoms with E-state index in [0.29, 0.717) is 17.1 Å². The van der Waals surface area contributed by atoms with Crippen molar-refractivity contribution in [2.45, 2.75) is 19.9 Å². The second kappa shape index (κ2) is 6.24. The summed E-state index contributed by atoms with van der Waals surface area (Å²) in [5.41, 5.74) is 7.29.